The molecule has 6 heteroatoms. The van der Waals surface area contributed by atoms with Gasteiger partial charge in [-0.1, -0.05) is 6.07 Å². The zero-order chi connectivity index (χ0) is 16.5. The summed E-state index contributed by atoms with van der Waals surface area (Å²) in [5, 5.41) is 21.1. The van der Waals surface area contributed by atoms with Gasteiger partial charge in [0, 0.05) is 11.8 Å². The van der Waals surface area contributed by atoms with Crippen molar-refractivity contribution in [3.63, 3.8) is 0 Å². The summed E-state index contributed by atoms with van der Waals surface area (Å²) in [6.45, 7) is 0.124. The van der Waals surface area contributed by atoms with E-state index in [4.69, 9.17) is 9.84 Å². The third-order valence-electron chi connectivity index (χ3n) is 5.23. The number of amides is 1. The lowest BCUT2D eigenvalue weighted by Crippen LogP contribution is -2.32. The van der Waals surface area contributed by atoms with E-state index in [9.17, 15) is 14.7 Å². The van der Waals surface area contributed by atoms with Crippen LogP contribution in [0.1, 0.15) is 32.1 Å². The predicted octanol–water partition coefficient (Wildman–Crippen LogP) is 2.03. The second kappa shape index (κ2) is 5.85. The highest BCUT2D eigenvalue weighted by atomic mass is 16.5. The van der Waals surface area contributed by atoms with Crippen LogP contribution in [-0.4, -0.2) is 35.3 Å². The smallest absolute Gasteiger partial charge is 0.309 e. The average molecular weight is 319 g/mol. The Morgan fingerprint density at radius 3 is 2.48 bits per heavy atom. The number of carbonyl (C=O) groups excluding carboxylic acids is 1. The number of aliphatic hydroxyl groups is 1. The van der Waals surface area contributed by atoms with E-state index in [2.05, 4.69) is 5.32 Å². The van der Waals surface area contributed by atoms with E-state index in [1.54, 1.807) is 24.3 Å². The van der Waals surface area contributed by atoms with Gasteiger partial charge >= 0.3 is 5.97 Å². The largest absolute Gasteiger partial charge is 0.491 e. The van der Waals surface area contributed by atoms with Crippen LogP contribution in [0, 0.1) is 10.8 Å². The Labute approximate surface area is 134 Å². The van der Waals surface area contributed by atoms with E-state index in [1.807, 2.05) is 0 Å². The van der Waals surface area contributed by atoms with Crippen LogP contribution in [0.3, 0.4) is 0 Å². The molecule has 0 radical (unpaired) electrons. The lowest BCUT2D eigenvalue weighted by atomic mass is 9.81. The molecule has 2 saturated carbocycles. The fourth-order valence-electron chi connectivity index (χ4n) is 3.90. The fourth-order valence-corrected chi connectivity index (χ4v) is 3.90. The minimum Gasteiger partial charge on any atom is -0.491 e. The van der Waals surface area contributed by atoms with E-state index < -0.39 is 16.8 Å². The standard InChI is InChI=1S/C17H21NO5/c19-8-9-23-13-3-1-2-12(10-13)18-14(20)16-4-6-17(11-16,7-5-16)15(21)22/h1-3,10,19H,4-9,11H2,(H,18,20)(H,21,22). The number of anilines is 1. The van der Waals surface area contributed by atoms with Gasteiger partial charge in [0.2, 0.25) is 5.91 Å². The number of hydrogen-bond acceptors (Lipinski definition) is 4. The van der Waals surface area contributed by atoms with Crippen LogP contribution >= 0.6 is 0 Å². The summed E-state index contributed by atoms with van der Waals surface area (Å²) in [5.74, 6) is -0.298. The third kappa shape index (κ3) is 2.79. The Hall–Kier alpha value is -2.08. The highest BCUT2D eigenvalue weighted by Gasteiger charge is 2.61. The van der Waals surface area contributed by atoms with E-state index >= 15 is 0 Å². The summed E-state index contributed by atoms with van der Waals surface area (Å²) in [5.41, 5.74) is -0.636. The summed E-state index contributed by atoms with van der Waals surface area (Å²) in [6, 6.07) is 7.00. The maximum absolute atomic E-state index is 12.7. The number of rotatable bonds is 6. The molecule has 124 valence electrons. The summed E-state index contributed by atoms with van der Waals surface area (Å²) in [4.78, 5) is 24.2. The summed E-state index contributed by atoms with van der Waals surface area (Å²) < 4.78 is 5.33. The first-order chi connectivity index (χ1) is 11.0. The van der Waals surface area contributed by atoms with Crippen molar-refractivity contribution in [2.24, 2.45) is 10.8 Å². The minimum atomic E-state index is -0.774. The van der Waals surface area contributed by atoms with Crippen LogP contribution in [-0.2, 0) is 9.59 Å². The van der Waals surface area contributed by atoms with Gasteiger partial charge in [0.15, 0.2) is 0 Å². The molecule has 0 unspecified atom stereocenters. The number of aliphatic carboxylic acids is 1. The molecule has 3 N–H and O–H groups in total. The Morgan fingerprint density at radius 2 is 1.87 bits per heavy atom. The van der Waals surface area contributed by atoms with Crippen molar-refractivity contribution in [3.8, 4) is 5.75 Å². The maximum atomic E-state index is 12.7. The second-order valence-electron chi connectivity index (χ2n) is 6.60. The number of nitrogens with one attached hydrogen (secondary N) is 1. The monoisotopic (exact) mass is 319 g/mol. The first-order valence-corrected chi connectivity index (χ1v) is 7.88. The number of carbonyl (C=O) groups is 2. The van der Waals surface area contributed by atoms with Gasteiger partial charge in [-0.25, -0.2) is 0 Å². The SMILES string of the molecule is O=C(O)C12CCC(C(=O)Nc3cccc(OCCO)c3)(CC1)C2. The van der Waals surface area contributed by atoms with Gasteiger partial charge in [-0.2, -0.15) is 0 Å². The van der Waals surface area contributed by atoms with Crippen LogP contribution in [0.2, 0.25) is 0 Å². The number of carboxylic acids is 1. The highest BCUT2D eigenvalue weighted by molar-refractivity contribution is 5.97. The number of fused-ring (bicyclic) bond motifs is 2. The molecule has 6 nitrogen and oxygen atoms in total. The molecule has 0 spiro atoms. The van der Waals surface area contributed by atoms with Crippen LogP contribution < -0.4 is 10.1 Å². The number of hydrogen-bond donors (Lipinski definition) is 3. The van der Waals surface area contributed by atoms with Crippen LogP contribution in [0.5, 0.6) is 5.75 Å². The molecule has 2 aliphatic carbocycles. The van der Waals surface area contributed by atoms with Gasteiger partial charge in [-0.3, -0.25) is 9.59 Å². The maximum Gasteiger partial charge on any atom is 0.309 e. The Bertz CT molecular complexity index is 619. The van der Waals surface area contributed by atoms with Crippen molar-refractivity contribution >= 4 is 17.6 Å². The fraction of sp³-hybridized carbons (Fsp3) is 0.529. The summed E-state index contributed by atoms with van der Waals surface area (Å²) >= 11 is 0. The molecular weight excluding hydrogens is 298 g/mol. The van der Waals surface area contributed by atoms with Crippen molar-refractivity contribution in [2.75, 3.05) is 18.5 Å². The zero-order valence-corrected chi connectivity index (χ0v) is 12.9. The highest BCUT2D eigenvalue weighted by Crippen LogP contribution is 2.62. The molecule has 23 heavy (non-hydrogen) atoms. The zero-order valence-electron chi connectivity index (χ0n) is 12.9. The second-order valence-corrected chi connectivity index (χ2v) is 6.60. The normalized spacial score (nSPS) is 28.6. The Morgan fingerprint density at radius 1 is 1.17 bits per heavy atom. The molecule has 0 atom stereocenters. The van der Waals surface area contributed by atoms with Gasteiger partial charge in [0.25, 0.3) is 0 Å². The quantitative estimate of drug-likeness (QED) is 0.745. The number of benzene rings is 1. The lowest BCUT2D eigenvalue weighted by Gasteiger charge is -2.25. The Balaban J connectivity index is 1.70. The van der Waals surface area contributed by atoms with Gasteiger partial charge in [-0.05, 0) is 44.2 Å². The molecule has 2 fully saturated rings. The number of carboxylic acid groups (broad SMARTS) is 1. The molecule has 0 aromatic heterocycles. The van der Waals surface area contributed by atoms with Crippen molar-refractivity contribution in [1.29, 1.82) is 0 Å². The van der Waals surface area contributed by atoms with Gasteiger partial charge < -0.3 is 20.3 Å². The molecule has 1 aromatic rings. The molecule has 0 saturated heterocycles. The Kier molecular flexibility index (Phi) is 4.02. The topological polar surface area (TPSA) is 95.9 Å². The van der Waals surface area contributed by atoms with Crippen molar-refractivity contribution in [3.05, 3.63) is 24.3 Å². The van der Waals surface area contributed by atoms with Gasteiger partial charge in [0.1, 0.15) is 12.4 Å². The lowest BCUT2D eigenvalue weighted by molar-refractivity contribution is -0.148. The van der Waals surface area contributed by atoms with Crippen molar-refractivity contribution in [2.45, 2.75) is 32.1 Å². The molecule has 1 aromatic carbocycles. The molecule has 0 aliphatic heterocycles. The summed E-state index contributed by atoms with van der Waals surface area (Å²) in [6.07, 6.45) is 2.85. The van der Waals surface area contributed by atoms with Crippen molar-refractivity contribution < 1.29 is 24.5 Å². The van der Waals surface area contributed by atoms with Crippen LogP contribution in [0.4, 0.5) is 5.69 Å². The van der Waals surface area contributed by atoms with Crippen molar-refractivity contribution in [1.82, 2.24) is 0 Å². The minimum absolute atomic E-state index is 0.0725. The van der Waals surface area contributed by atoms with E-state index in [0.717, 1.165) is 0 Å². The molecule has 2 aliphatic rings. The molecule has 3 rings (SSSR count). The molecular formula is C17H21NO5. The molecule has 2 bridgehead atoms. The first-order valence-electron chi connectivity index (χ1n) is 7.88. The number of aliphatic hydroxyl groups excluding tert-OH is 1. The van der Waals surface area contributed by atoms with Gasteiger partial charge in [-0.15, -0.1) is 0 Å². The van der Waals surface area contributed by atoms with E-state index in [-0.39, 0.29) is 19.1 Å². The van der Waals surface area contributed by atoms with Crippen LogP contribution in [0.25, 0.3) is 0 Å². The first kappa shape index (κ1) is 15.8. The van der Waals surface area contributed by atoms with E-state index in [1.165, 1.54) is 0 Å². The number of ether oxygens (including phenoxy) is 1. The van der Waals surface area contributed by atoms with E-state index in [0.29, 0.717) is 43.5 Å². The molecule has 0 heterocycles. The molecule has 1 amide bonds. The predicted molar refractivity (Wildman–Crippen MR) is 83.2 cm³/mol. The van der Waals surface area contributed by atoms with Gasteiger partial charge in [0.05, 0.1) is 17.4 Å². The summed E-state index contributed by atoms with van der Waals surface area (Å²) in [7, 11) is 0. The average Bonchev–Trinajstić information content (AvgIpc) is 3.12. The third-order valence-corrected chi connectivity index (χ3v) is 5.23. The van der Waals surface area contributed by atoms with Crippen LogP contribution in [0.15, 0.2) is 24.3 Å².